The Hall–Kier alpha value is -1.68. The first kappa shape index (κ1) is 21.0. The van der Waals surface area contributed by atoms with E-state index in [9.17, 15) is 17.6 Å². The van der Waals surface area contributed by atoms with Crippen molar-refractivity contribution < 1.29 is 27.1 Å². The van der Waals surface area contributed by atoms with Crippen LogP contribution < -0.4 is 10.1 Å². The Morgan fingerprint density at radius 1 is 1.36 bits per heavy atom. The summed E-state index contributed by atoms with van der Waals surface area (Å²) in [6, 6.07) is 7.18. The molecule has 10 heteroatoms. The topological polar surface area (TPSA) is 81.7 Å². The van der Waals surface area contributed by atoms with Gasteiger partial charge in [-0.2, -0.15) is 0 Å². The van der Waals surface area contributed by atoms with Crippen LogP contribution in [0.4, 0.5) is 10.1 Å². The Balaban J connectivity index is 1.81. The van der Waals surface area contributed by atoms with Crippen LogP contribution in [-0.4, -0.2) is 26.4 Å². The highest BCUT2D eigenvalue weighted by Gasteiger charge is 2.31. The van der Waals surface area contributed by atoms with Crippen LogP contribution in [0.5, 0.6) is 5.75 Å². The molecule has 28 heavy (non-hydrogen) atoms. The van der Waals surface area contributed by atoms with Crippen molar-refractivity contribution in [2.75, 3.05) is 12.1 Å². The molecule has 1 aliphatic rings. The fourth-order valence-corrected chi connectivity index (χ4v) is 4.57. The molecule has 1 atom stereocenters. The van der Waals surface area contributed by atoms with E-state index in [1.165, 1.54) is 31.2 Å². The van der Waals surface area contributed by atoms with Crippen LogP contribution in [0, 0.1) is 5.82 Å². The third kappa shape index (κ3) is 4.65. The van der Waals surface area contributed by atoms with Gasteiger partial charge in [0, 0.05) is 20.6 Å². The highest BCUT2D eigenvalue weighted by Crippen LogP contribution is 2.33. The van der Waals surface area contributed by atoms with Gasteiger partial charge < -0.3 is 14.8 Å². The van der Waals surface area contributed by atoms with Crippen molar-refractivity contribution in [3.05, 3.63) is 56.8 Å². The Labute approximate surface area is 175 Å². The third-order valence-corrected chi connectivity index (χ3v) is 6.92. The van der Waals surface area contributed by atoms with Gasteiger partial charge in [-0.05, 0) is 37.3 Å². The lowest BCUT2D eigenvalue weighted by atomic mass is 10.1. The third-order valence-electron chi connectivity index (χ3n) is 4.21. The number of anilines is 1. The number of rotatable bonds is 5. The molecule has 3 rings (SSSR count). The molecule has 150 valence electrons. The number of fused-ring (bicyclic) bond motifs is 1. The van der Waals surface area contributed by atoms with E-state index < -0.39 is 32.6 Å². The zero-order chi connectivity index (χ0) is 20.5. The number of amides is 1. The van der Waals surface area contributed by atoms with Gasteiger partial charge in [0.25, 0.3) is 0 Å². The summed E-state index contributed by atoms with van der Waals surface area (Å²) in [4.78, 5) is 12.4. The molecule has 0 radical (unpaired) electrons. The van der Waals surface area contributed by atoms with Gasteiger partial charge in [0.1, 0.15) is 16.8 Å². The number of hydrogen-bond donors (Lipinski definition) is 1. The van der Waals surface area contributed by atoms with Crippen molar-refractivity contribution in [1.82, 2.24) is 0 Å². The zero-order valence-electron chi connectivity index (χ0n) is 14.7. The van der Waals surface area contributed by atoms with Crippen LogP contribution in [0.15, 0.2) is 34.8 Å². The highest BCUT2D eigenvalue weighted by molar-refractivity contribution is 9.10. The van der Waals surface area contributed by atoms with Crippen LogP contribution in [0.3, 0.4) is 0 Å². The maximum Gasteiger partial charge on any atom is 0.242 e. The number of carbonyl (C=O) groups is 1. The SMILES string of the molecule is C[C@H](C(=O)Nc1ccc(Br)cc1F)S(=O)(=O)Cc1cc(Cl)cc2c1OCOC2. The second-order valence-corrected chi connectivity index (χ2v) is 9.90. The second-order valence-electron chi connectivity index (χ2n) is 6.23. The Bertz CT molecular complexity index is 1030. The van der Waals surface area contributed by atoms with Crippen molar-refractivity contribution in [2.45, 2.75) is 24.5 Å². The molecule has 0 unspecified atom stereocenters. The minimum atomic E-state index is -3.93. The summed E-state index contributed by atoms with van der Waals surface area (Å²) in [5, 5.41) is 1.24. The van der Waals surface area contributed by atoms with Gasteiger partial charge >= 0.3 is 0 Å². The number of sulfone groups is 1. The van der Waals surface area contributed by atoms with Crippen molar-refractivity contribution >= 4 is 49.0 Å². The lowest BCUT2D eigenvalue weighted by Gasteiger charge is -2.22. The number of ether oxygens (including phenoxy) is 2. The number of halogens is 3. The van der Waals surface area contributed by atoms with Crippen molar-refractivity contribution in [3.8, 4) is 5.75 Å². The van der Waals surface area contributed by atoms with Crippen LogP contribution >= 0.6 is 27.5 Å². The number of hydrogen-bond acceptors (Lipinski definition) is 5. The van der Waals surface area contributed by atoms with E-state index in [0.29, 0.717) is 26.4 Å². The summed E-state index contributed by atoms with van der Waals surface area (Å²) in [5.41, 5.74) is 0.883. The number of nitrogens with one attached hydrogen (secondary N) is 1. The minimum Gasteiger partial charge on any atom is -0.467 e. The average molecular weight is 493 g/mol. The molecule has 0 bridgehead atoms. The van der Waals surface area contributed by atoms with Gasteiger partial charge in [0.05, 0.1) is 18.0 Å². The Morgan fingerprint density at radius 3 is 2.82 bits per heavy atom. The van der Waals surface area contributed by atoms with Gasteiger partial charge in [0.15, 0.2) is 16.6 Å². The molecule has 0 saturated heterocycles. The van der Waals surface area contributed by atoms with Crippen LogP contribution in [0.25, 0.3) is 0 Å². The van der Waals surface area contributed by atoms with Gasteiger partial charge in [-0.1, -0.05) is 27.5 Å². The molecule has 0 aliphatic carbocycles. The molecule has 0 saturated carbocycles. The first-order valence-corrected chi connectivity index (χ1v) is 11.1. The van der Waals surface area contributed by atoms with E-state index in [0.717, 1.165) is 0 Å². The molecule has 0 aromatic heterocycles. The zero-order valence-corrected chi connectivity index (χ0v) is 17.8. The highest BCUT2D eigenvalue weighted by atomic mass is 79.9. The smallest absolute Gasteiger partial charge is 0.242 e. The van der Waals surface area contributed by atoms with E-state index in [1.54, 1.807) is 6.07 Å². The summed E-state index contributed by atoms with van der Waals surface area (Å²) in [5.74, 6) is -1.57. The summed E-state index contributed by atoms with van der Waals surface area (Å²) in [6.45, 7) is 1.50. The number of carbonyl (C=O) groups excluding carboxylic acids is 1. The summed E-state index contributed by atoms with van der Waals surface area (Å²) in [6.07, 6.45) is 0. The van der Waals surface area contributed by atoms with E-state index in [1.807, 2.05) is 0 Å². The van der Waals surface area contributed by atoms with Crippen LogP contribution in [-0.2, 0) is 31.7 Å². The molecule has 2 aromatic carbocycles. The second kappa shape index (κ2) is 8.36. The number of benzene rings is 2. The predicted molar refractivity (Wildman–Crippen MR) is 107 cm³/mol. The summed E-state index contributed by atoms with van der Waals surface area (Å²) in [7, 11) is -3.93. The Kier molecular flexibility index (Phi) is 6.28. The van der Waals surface area contributed by atoms with E-state index in [2.05, 4.69) is 21.2 Å². The minimum absolute atomic E-state index is 0.000559. The summed E-state index contributed by atoms with van der Waals surface area (Å²) >= 11 is 9.18. The predicted octanol–water partition coefficient (Wildman–Crippen LogP) is 4.05. The van der Waals surface area contributed by atoms with E-state index in [-0.39, 0.29) is 19.1 Å². The molecule has 2 aromatic rings. The maximum atomic E-state index is 13.9. The molecule has 1 N–H and O–H groups in total. The molecular formula is C18H16BrClFNO5S. The van der Waals surface area contributed by atoms with Crippen molar-refractivity contribution in [2.24, 2.45) is 0 Å². The molecule has 1 heterocycles. The maximum absolute atomic E-state index is 13.9. The first-order chi connectivity index (χ1) is 13.2. The van der Waals surface area contributed by atoms with E-state index in [4.69, 9.17) is 21.1 Å². The fourth-order valence-electron chi connectivity index (χ4n) is 2.69. The lowest BCUT2D eigenvalue weighted by molar-refractivity contribution is -0.115. The van der Waals surface area contributed by atoms with Gasteiger partial charge in [-0.3, -0.25) is 4.79 Å². The van der Waals surface area contributed by atoms with Crippen molar-refractivity contribution in [3.63, 3.8) is 0 Å². The monoisotopic (exact) mass is 491 g/mol. The van der Waals surface area contributed by atoms with E-state index >= 15 is 0 Å². The molecule has 1 amide bonds. The van der Waals surface area contributed by atoms with Crippen LogP contribution in [0.1, 0.15) is 18.1 Å². The molecule has 1 aliphatic heterocycles. The normalized spacial score (nSPS) is 14.7. The van der Waals surface area contributed by atoms with Gasteiger partial charge in [-0.15, -0.1) is 0 Å². The van der Waals surface area contributed by atoms with Crippen LogP contribution in [0.2, 0.25) is 5.02 Å². The lowest BCUT2D eigenvalue weighted by Crippen LogP contribution is -2.33. The van der Waals surface area contributed by atoms with Gasteiger partial charge in [0.2, 0.25) is 5.91 Å². The molecular weight excluding hydrogens is 477 g/mol. The molecule has 6 nitrogen and oxygen atoms in total. The Morgan fingerprint density at radius 2 is 2.11 bits per heavy atom. The van der Waals surface area contributed by atoms with Crippen molar-refractivity contribution in [1.29, 1.82) is 0 Å². The molecule has 0 spiro atoms. The molecule has 0 fully saturated rings. The average Bonchev–Trinajstić information content (AvgIpc) is 2.63. The summed E-state index contributed by atoms with van der Waals surface area (Å²) < 4.78 is 50.6. The fraction of sp³-hybridized carbons (Fsp3) is 0.278. The first-order valence-electron chi connectivity index (χ1n) is 8.16. The largest absolute Gasteiger partial charge is 0.467 e. The quantitative estimate of drug-likeness (QED) is 0.681. The standard InChI is InChI=1S/C18H16BrClFNO5S/c1-10(18(23)22-16-3-2-13(19)6-15(16)21)28(24,25)8-12-5-14(20)4-11-7-26-9-27-17(11)12/h2-6,10H,7-9H2,1H3,(H,22,23)/t10-/m1/s1. The van der Waals surface area contributed by atoms with Gasteiger partial charge in [-0.25, -0.2) is 12.8 Å².